The molecule has 27 heavy (non-hydrogen) atoms. The Hall–Kier alpha value is -3.11. The van der Waals surface area contributed by atoms with E-state index in [0.717, 1.165) is 24.8 Å². The lowest BCUT2D eigenvalue weighted by atomic mass is 10.1. The Kier molecular flexibility index (Phi) is 4.42. The molecule has 2 N–H and O–H groups in total. The number of hydrogen-bond acceptors (Lipinski definition) is 6. The second-order valence-corrected chi connectivity index (χ2v) is 7.57. The van der Waals surface area contributed by atoms with E-state index in [0.29, 0.717) is 10.4 Å². The standard InChI is InChI=1S/C20H17N3O3S/c1-11(26-20(25)17-9-12-5-4-8-16(12)27-17)18(24)13(10-21)19-22-14-6-2-3-7-15(14)23-19/h2-3,6-7,9,11,24H,4-5,8H2,1H3,(H,22,23)/b18-13-/t11-/m0/s1. The minimum Gasteiger partial charge on any atom is -0.507 e. The van der Waals surface area contributed by atoms with E-state index in [9.17, 15) is 15.2 Å². The number of nitrogens with zero attached hydrogens (tertiary/aromatic N) is 2. The first-order valence-corrected chi connectivity index (χ1v) is 9.49. The molecule has 1 aliphatic carbocycles. The van der Waals surface area contributed by atoms with Crippen LogP contribution in [0, 0.1) is 11.3 Å². The molecule has 7 heteroatoms. The van der Waals surface area contributed by atoms with Gasteiger partial charge in [-0.05, 0) is 49.9 Å². The number of nitriles is 1. The zero-order valence-corrected chi connectivity index (χ0v) is 15.5. The number of carbonyl (C=O) groups is 1. The summed E-state index contributed by atoms with van der Waals surface area (Å²) >= 11 is 1.44. The second kappa shape index (κ2) is 6.89. The van der Waals surface area contributed by atoms with Gasteiger partial charge in [0.25, 0.3) is 0 Å². The smallest absolute Gasteiger partial charge is 0.349 e. The first kappa shape index (κ1) is 17.3. The van der Waals surface area contributed by atoms with Crippen LogP contribution in [-0.4, -0.2) is 27.1 Å². The second-order valence-electron chi connectivity index (χ2n) is 6.43. The molecule has 0 aliphatic heterocycles. The maximum atomic E-state index is 12.4. The number of aliphatic hydroxyl groups excluding tert-OH is 1. The van der Waals surface area contributed by atoms with Gasteiger partial charge in [0.2, 0.25) is 0 Å². The molecule has 136 valence electrons. The molecule has 2 aromatic heterocycles. The molecular weight excluding hydrogens is 362 g/mol. The first-order chi connectivity index (χ1) is 13.1. The zero-order valence-electron chi connectivity index (χ0n) is 14.7. The zero-order chi connectivity index (χ0) is 19.0. The van der Waals surface area contributed by atoms with Gasteiger partial charge in [-0.25, -0.2) is 9.78 Å². The Morgan fingerprint density at radius 1 is 1.41 bits per heavy atom. The molecule has 0 unspecified atom stereocenters. The summed E-state index contributed by atoms with van der Waals surface area (Å²) in [4.78, 5) is 21.5. The van der Waals surface area contributed by atoms with Crippen LogP contribution in [0.3, 0.4) is 0 Å². The highest BCUT2D eigenvalue weighted by Gasteiger charge is 2.24. The number of aryl methyl sites for hydroxylation is 2. The van der Waals surface area contributed by atoms with Crippen molar-refractivity contribution in [2.45, 2.75) is 32.3 Å². The third-order valence-electron chi connectivity index (χ3n) is 4.61. The first-order valence-electron chi connectivity index (χ1n) is 8.67. The SMILES string of the molecule is C[C@H](OC(=O)c1cc2c(s1)CCC2)/C(O)=C(\C#N)c1nc2ccccc2[nH]1. The van der Waals surface area contributed by atoms with E-state index in [1.807, 2.05) is 30.3 Å². The third-order valence-corrected chi connectivity index (χ3v) is 5.83. The summed E-state index contributed by atoms with van der Waals surface area (Å²) < 4.78 is 5.38. The molecule has 1 atom stereocenters. The molecule has 0 amide bonds. The summed E-state index contributed by atoms with van der Waals surface area (Å²) in [6.45, 7) is 1.54. The summed E-state index contributed by atoms with van der Waals surface area (Å²) in [5.41, 5.74) is 2.61. The number of para-hydroxylation sites is 2. The Morgan fingerprint density at radius 3 is 2.96 bits per heavy atom. The lowest BCUT2D eigenvalue weighted by Crippen LogP contribution is -2.18. The predicted octanol–water partition coefficient (Wildman–Crippen LogP) is 4.15. The van der Waals surface area contributed by atoms with Crippen LogP contribution in [0.4, 0.5) is 0 Å². The number of allylic oxidation sites excluding steroid dienone is 1. The average Bonchev–Trinajstić information content (AvgIpc) is 3.35. The summed E-state index contributed by atoms with van der Waals surface area (Å²) in [6.07, 6.45) is 2.15. The summed E-state index contributed by atoms with van der Waals surface area (Å²) in [7, 11) is 0. The number of esters is 1. The van der Waals surface area contributed by atoms with Gasteiger partial charge in [0, 0.05) is 4.88 Å². The van der Waals surface area contributed by atoms with Crippen molar-refractivity contribution >= 4 is 33.9 Å². The maximum Gasteiger partial charge on any atom is 0.349 e. The fraction of sp³-hybridized carbons (Fsp3) is 0.250. The number of thiophene rings is 1. The van der Waals surface area contributed by atoms with Crippen LogP contribution in [-0.2, 0) is 17.6 Å². The third kappa shape index (κ3) is 3.20. The number of aromatic nitrogens is 2. The fourth-order valence-corrected chi connectivity index (χ4v) is 4.35. The predicted molar refractivity (Wildman–Crippen MR) is 102 cm³/mol. The van der Waals surface area contributed by atoms with E-state index in [-0.39, 0.29) is 17.2 Å². The number of fused-ring (bicyclic) bond motifs is 2. The van der Waals surface area contributed by atoms with Gasteiger partial charge >= 0.3 is 5.97 Å². The quantitative estimate of drug-likeness (QED) is 0.403. The molecule has 1 aromatic carbocycles. The Labute approximate surface area is 159 Å². The van der Waals surface area contributed by atoms with Gasteiger partial charge < -0.3 is 14.8 Å². The number of imidazole rings is 1. The van der Waals surface area contributed by atoms with Crippen LogP contribution in [0.5, 0.6) is 0 Å². The summed E-state index contributed by atoms with van der Waals surface area (Å²) in [6, 6.07) is 11.1. The van der Waals surface area contributed by atoms with Crippen molar-refractivity contribution in [1.29, 1.82) is 5.26 Å². The van der Waals surface area contributed by atoms with Crippen molar-refractivity contribution in [3.63, 3.8) is 0 Å². The van der Waals surface area contributed by atoms with E-state index >= 15 is 0 Å². The van der Waals surface area contributed by atoms with E-state index in [1.54, 1.807) is 6.07 Å². The van der Waals surface area contributed by atoms with Crippen LogP contribution in [0.2, 0.25) is 0 Å². The van der Waals surface area contributed by atoms with Gasteiger partial charge in [-0.3, -0.25) is 0 Å². The highest BCUT2D eigenvalue weighted by molar-refractivity contribution is 7.14. The molecule has 0 spiro atoms. The number of carbonyl (C=O) groups excluding carboxylic acids is 1. The summed E-state index contributed by atoms with van der Waals surface area (Å²) in [5.74, 6) is -0.571. The molecule has 2 heterocycles. The number of H-pyrrole nitrogens is 1. The van der Waals surface area contributed by atoms with Crippen LogP contribution in [0.25, 0.3) is 16.6 Å². The topological polar surface area (TPSA) is 99.0 Å². The van der Waals surface area contributed by atoms with Crippen LogP contribution in [0.15, 0.2) is 36.1 Å². The lowest BCUT2D eigenvalue weighted by molar-refractivity contribution is 0.0340. The molecule has 0 saturated heterocycles. The molecule has 4 rings (SSSR count). The number of benzene rings is 1. The van der Waals surface area contributed by atoms with E-state index in [2.05, 4.69) is 9.97 Å². The van der Waals surface area contributed by atoms with E-state index in [4.69, 9.17) is 4.74 Å². The fourth-order valence-electron chi connectivity index (χ4n) is 3.21. The molecule has 0 saturated carbocycles. The van der Waals surface area contributed by atoms with Crippen molar-refractivity contribution in [1.82, 2.24) is 9.97 Å². The van der Waals surface area contributed by atoms with Crippen LogP contribution < -0.4 is 0 Å². The number of hydrogen-bond donors (Lipinski definition) is 2. The number of aliphatic hydroxyl groups is 1. The normalized spacial score (nSPS) is 15.1. The largest absolute Gasteiger partial charge is 0.507 e. The Bertz CT molecular complexity index is 1050. The molecular formula is C20H17N3O3S. The summed E-state index contributed by atoms with van der Waals surface area (Å²) in [5, 5.41) is 20.0. The molecule has 6 nitrogen and oxygen atoms in total. The molecule has 0 bridgehead atoms. The van der Waals surface area contributed by atoms with Gasteiger partial charge in [0.05, 0.1) is 11.0 Å². The van der Waals surface area contributed by atoms with Gasteiger partial charge in [-0.2, -0.15) is 5.26 Å². The van der Waals surface area contributed by atoms with Crippen molar-refractivity contribution < 1.29 is 14.6 Å². The van der Waals surface area contributed by atoms with E-state index in [1.165, 1.54) is 28.7 Å². The van der Waals surface area contributed by atoms with Crippen LogP contribution in [0.1, 0.15) is 39.3 Å². The highest BCUT2D eigenvalue weighted by atomic mass is 32.1. The molecule has 3 aromatic rings. The highest BCUT2D eigenvalue weighted by Crippen LogP contribution is 2.31. The van der Waals surface area contributed by atoms with E-state index < -0.39 is 12.1 Å². The Morgan fingerprint density at radius 2 is 2.22 bits per heavy atom. The van der Waals surface area contributed by atoms with Gasteiger partial charge in [-0.15, -0.1) is 11.3 Å². The van der Waals surface area contributed by atoms with Crippen molar-refractivity contribution in [2.75, 3.05) is 0 Å². The van der Waals surface area contributed by atoms with Crippen molar-refractivity contribution in [3.05, 3.63) is 57.2 Å². The number of ether oxygens (including phenoxy) is 1. The molecule has 0 radical (unpaired) electrons. The molecule has 1 aliphatic rings. The maximum absolute atomic E-state index is 12.4. The molecule has 0 fully saturated rings. The van der Waals surface area contributed by atoms with Gasteiger partial charge in [0.1, 0.15) is 16.5 Å². The van der Waals surface area contributed by atoms with Crippen molar-refractivity contribution in [3.8, 4) is 6.07 Å². The van der Waals surface area contributed by atoms with Crippen molar-refractivity contribution in [2.24, 2.45) is 0 Å². The number of aromatic amines is 1. The minimum absolute atomic E-state index is 0.0415. The average molecular weight is 379 g/mol. The Balaban J connectivity index is 1.57. The lowest BCUT2D eigenvalue weighted by Gasteiger charge is -2.13. The monoisotopic (exact) mass is 379 g/mol. The minimum atomic E-state index is -0.961. The number of rotatable bonds is 4. The van der Waals surface area contributed by atoms with Gasteiger partial charge in [-0.1, -0.05) is 12.1 Å². The van der Waals surface area contributed by atoms with Crippen LogP contribution >= 0.6 is 11.3 Å². The van der Waals surface area contributed by atoms with Gasteiger partial charge in [0.15, 0.2) is 17.7 Å². The number of nitrogens with one attached hydrogen (secondary N) is 1.